The highest BCUT2D eigenvalue weighted by Gasteiger charge is 2.32. The van der Waals surface area contributed by atoms with Crippen LogP contribution in [0.25, 0.3) is 0 Å². The third-order valence-electron chi connectivity index (χ3n) is 5.88. The van der Waals surface area contributed by atoms with Crippen molar-refractivity contribution in [1.29, 1.82) is 0 Å². The Balaban J connectivity index is 2.21. The Labute approximate surface area is 216 Å². The minimum Gasteiger partial charge on any atom is -0.463 e. The summed E-state index contributed by atoms with van der Waals surface area (Å²) in [6, 6.07) is 7.83. The molecule has 0 aromatic heterocycles. The van der Waals surface area contributed by atoms with Gasteiger partial charge in [-0.05, 0) is 76.9 Å². The number of aryl methyl sites for hydroxylation is 6. The molecule has 196 valence electrons. The fraction of sp³-hybridized carbons (Fsp3) is 0.483. The van der Waals surface area contributed by atoms with Gasteiger partial charge in [0.2, 0.25) is 0 Å². The number of hydrogen-bond donors (Lipinski definition) is 0. The number of rotatable bonds is 14. The Morgan fingerprint density at radius 1 is 0.667 bits per heavy atom. The van der Waals surface area contributed by atoms with E-state index < -0.39 is 13.9 Å². The molecule has 0 spiro atoms. The molecular formula is C29H39O6P. The van der Waals surface area contributed by atoms with Crippen molar-refractivity contribution in [2.75, 3.05) is 39.2 Å². The molecule has 0 heterocycles. The average molecular weight is 515 g/mol. The van der Waals surface area contributed by atoms with Gasteiger partial charge in [0, 0.05) is 25.7 Å². The van der Waals surface area contributed by atoms with Gasteiger partial charge in [0.25, 0.3) is 0 Å². The normalized spacial score (nSPS) is 11.1. The Kier molecular flexibility index (Phi) is 11.9. The quantitative estimate of drug-likeness (QED) is 0.175. The number of carbonyl (C=O) groups is 3. The molecular weight excluding hydrogens is 475 g/mol. The lowest BCUT2D eigenvalue weighted by atomic mass is 10.0. The molecule has 2 aromatic carbocycles. The van der Waals surface area contributed by atoms with E-state index in [1.807, 2.05) is 72.7 Å². The van der Waals surface area contributed by atoms with Crippen LogP contribution in [0, 0.1) is 41.5 Å². The Morgan fingerprint density at radius 2 is 1.08 bits per heavy atom. The minimum absolute atomic E-state index is 0.00393. The molecule has 0 saturated heterocycles. The van der Waals surface area contributed by atoms with Crippen LogP contribution >= 0.6 is 7.92 Å². The van der Waals surface area contributed by atoms with Crippen molar-refractivity contribution in [3.8, 4) is 0 Å². The molecule has 0 N–H and O–H groups in total. The van der Waals surface area contributed by atoms with Crippen LogP contribution in [0.5, 0.6) is 0 Å². The van der Waals surface area contributed by atoms with Crippen LogP contribution in [0.15, 0.2) is 24.3 Å². The van der Waals surface area contributed by atoms with Gasteiger partial charge in [-0.1, -0.05) is 35.4 Å². The van der Waals surface area contributed by atoms with Crippen LogP contribution in [0.2, 0.25) is 0 Å². The Morgan fingerprint density at radius 3 is 1.53 bits per heavy atom. The fourth-order valence-corrected chi connectivity index (χ4v) is 6.70. The van der Waals surface area contributed by atoms with Crippen molar-refractivity contribution in [2.45, 2.75) is 54.9 Å². The first-order chi connectivity index (χ1) is 17.1. The Hall–Kier alpha value is -2.40. The predicted molar refractivity (Wildman–Crippen MR) is 145 cm³/mol. The second kappa shape index (κ2) is 14.4. The van der Waals surface area contributed by atoms with Crippen LogP contribution in [0.3, 0.4) is 0 Å². The van der Waals surface area contributed by atoms with E-state index in [0.717, 1.165) is 33.4 Å². The highest BCUT2D eigenvalue weighted by Crippen LogP contribution is 2.46. The molecule has 0 aliphatic rings. The first kappa shape index (κ1) is 29.8. The minimum atomic E-state index is -1.81. The largest absolute Gasteiger partial charge is 0.463 e. The smallest absolute Gasteiger partial charge is 0.306 e. The van der Waals surface area contributed by atoms with Crippen LogP contribution in [0.4, 0.5) is 0 Å². The summed E-state index contributed by atoms with van der Waals surface area (Å²) in [5.74, 6) is -0.439. The van der Waals surface area contributed by atoms with Gasteiger partial charge in [-0.2, -0.15) is 0 Å². The van der Waals surface area contributed by atoms with Gasteiger partial charge in [0.1, 0.15) is 6.61 Å². The highest BCUT2D eigenvalue weighted by atomic mass is 31.1. The number of benzene rings is 2. The molecule has 6 nitrogen and oxygen atoms in total. The van der Waals surface area contributed by atoms with Gasteiger partial charge < -0.3 is 14.2 Å². The van der Waals surface area contributed by atoms with Crippen molar-refractivity contribution in [1.82, 2.24) is 0 Å². The molecule has 0 unspecified atom stereocenters. The highest BCUT2D eigenvalue weighted by molar-refractivity contribution is 7.90. The van der Waals surface area contributed by atoms with Gasteiger partial charge in [-0.15, -0.1) is 0 Å². The van der Waals surface area contributed by atoms with Crippen LogP contribution < -0.4 is 0 Å². The summed E-state index contributed by atoms with van der Waals surface area (Å²) < 4.78 is 15.8. The van der Waals surface area contributed by atoms with Crippen molar-refractivity contribution in [3.05, 3.63) is 68.8 Å². The SMILES string of the molecule is CCOCCOCCOC(=O)CCP(C(=O)c1c(C)cc(C)cc1C)C(=O)c1c(C)cc(C)cc1C. The van der Waals surface area contributed by atoms with E-state index in [2.05, 4.69) is 0 Å². The van der Waals surface area contributed by atoms with E-state index in [0.29, 0.717) is 30.9 Å². The fourth-order valence-electron chi connectivity index (χ4n) is 4.45. The van der Waals surface area contributed by atoms with Gasteiger partial charge in [0.05, 0.1) is 26.2 Å². The van der Waals surface area contributed by atoms with Gasteiger partial charge >= 0.3 is 5.97 Å². The summed E-state index contributed by atoms with van der Waals surface area (Å²) >= 11 is 0. The molecule has 7 heteroatoms. The van der Waals surface area contributed by atoms with Crippen molar-refractivity contribution in [3.63, 3.8) is 0 Å². The van der Waals surface area contributed by atoms with E-state index in [9.17, 15) is 14.4 Å². The summed E-state index contributed by atoms with van der Waals surface area (Å²) in [7, 11) is -1.81. The molecule has 2 aromatic rings. The molecule has 0 aliphatic carbocycles. The number of ether oxygens (including phenoxy) is 3. The summed E-state index contributed by atoms with van der Waals surface area (Å²) in [5.41, 5.74) is 6.32. The second-order valence-electron chi connectivity index (χ2n) is 9.09. The molecule has 0 fully saturated rings. The standard InChI is InChI=1S/C29H39O6P/c1-8-33-10-11-34-12-13-35-25(30)9-14-36(28(31)26-21(4)15-19(2)16-22(26)5)29(32)27-23(6)17-20(3)18-24(27)7/h15-18H,8-14H2,1-7H3. The average Bonchev–Trinajstić information content (AvgIpc) is 2.77. The zero-order valence-electron chi connectivity index (χ0n) is 22.7. The molecule has 0 radical (unpaired) electrons. The molecule has 0 aliphatic heterocycles. The van der Waals surface area contributed by atoms with E-state index in [1.165, 1.54) is 0 Å². The topological polar surface area (TPSA) is 78.9 Å². The zero-order valence-corrected chi connectivity index (χ0v) is 23.6. The van der Waals surface area contributed by atoms with Crippen LogP contribution in [0.1, 0.15) is 67.4 Å². The van der Waals surface area contributed by atoms with Crippen LogP contribution in [-0.4, -0.2) is 56.2 Å². The maximum Gasteiger partial charge on any atom is 0.306 e. The molecule has 2 rings (SSSR count). The second-order valence-corrected chi connectivity index (χ2v) is 11.2. The summed E-state index contributed by atoms with van der Waals surface area (Å²) in [5, 5.41) is 0. The predicted octanol–water partition coefficient (Wildman–Crippen LogP) is 5.99. The molecule has 0 atom stereocenters. The zero-order chi connectivity index (χ0) is 26.8. The van der Waals surface area contributed by atoms with Crippen molar-refractivity contribution < 1.29 is 28.6 Å². The van der Waals surface area contributed by atoms with Crippen molar-refractivity contribution in [2.24, 2.45) is 0 Å². The van der Waals surface area contributed by atoms with Gasteiger partial charge in [-0.3, -0.25) is 14.4 Å². The van der Waals surface area contributed by atoms with E-state index >= 15 is 0 Å². The lowest BCUT2D eigenvalue weighted by Gasteiger charge is -2.20. The third-order valence-corrected chi connectivity index (χ3v) is 7.98. The summed E-state index contributed by atoms with van der Waals surface area (Å²) in [4.78, 5) is 40.1. The van der Waals surface area contributed by atoms with E-state index in [4.69, 9.17) is 14.2 Å². The monoisotopic (exact) mass is 514 g/mol. The summed E-state index contributed by atoms with van der Waals surface area (Å²) in [6.45, 7) is 15.4. The van der Waals surface area contributed by atoms with Gasteiger partial charge in [-0.25, -0.2) is 0 Å². The molecule has 0 amide bonds. The molecule has 36 heavy (non-hydrogen) atoms. The first-order valence-corrected chi connectivity index (χ1v) is 13.9. The number of hydrogen-bond acceptors (Lipinski definition) is 6. The summed E-state index contributed by atoms with van der Waals surface area (Å²) in [6.07, 6.45) is 0.145. The molecule has 0 bridgehead atoms. The number of carbonyl (C=O) groups excluding carboxylic acids is 3. The first-order valence-electron chi connectivity index (χ1n) is 12.4. The van der Waals surface area contributed by atoms with E-state index in [1.54, 1.807) is 0 Å². The van der Waals surface area contributed by atoms with Crippen molar-refractivity contribution >= 4 is 24.9 Å². The Bertz CT molecular complexity index is 976. The van der Waals surface area contributed by atoms with Gasteiger partial charge in [0.15, 0.2) is 11.0 Å². The number of esters is 1. The molecule has 0 saturated carbocycles. The maximum atomic E-state index is 13.8. The van der Waals surface area contributed by atoms with E-state index in [-0.39, 0.29) is 36.8 Å². The lowest BCUT2D eigenvalue weighted by molar-refractivity contribution is -0.144. The maximum absolute atomic E-state index is 13.8. The third kappa shape index (κ3) is 8.33. The van der Waals surface area contributed by atoms with Crippen LogP contribution in [-0.2, 0) is 19.0 Å². The lowest BCUT2D eigenvalue weighted by Crippen LogP contribution is -2.17.